The van der Waals surface area contributed by atoms with Gasteiger partial charge >= 0.3 is 0 Å². The van der Waals surface area contributed by atoms with Crippen LogP contribution in [0.4, 0.5) is 0 Å². The highest BCUT2D eigenvalue weighted by Gasteiger charge is 2.27. The Bertz CT molecular complexity index is 950. The molecule has 0 radical (unpaired) electrons. The number of benzene rings is 2. The number of aromatic nitrogens is 1. The van der Waals surface area contributed by atoms with E-state index in [1.54, 1.807) is 12.1 Å². The molecule has 2 aromatic carbocycles. The average Bonchev–Trinajstić information content (AvgIpc) is 3.01. The molecule has 0 saturated heterocycles. The standard InChI is InChI=1S/C18H13NO3/c1-10-2-4-13-11(9-19-15(13)6-10)7-17-18(21)14-5-3-12(20)8-16(14)22-17/h2-9,19-20H,1H3/b17-7-. The van der Waals surface area contributed by atoms with Crippen LogP contribution in [0.25, 0.3) is 17.0 Å². The number of hydrogen-bond donors (Lipinski definition) is 2. The van der Waals surface area contributed by atoms with Crippen molar-refractivity contribution in [1.82, 2.24) is 4.98 Å². The zero-order valence-corrected chi connectivity index (χ0v) is 11.9. The van der Waals surface area contributed by atoms with Gasteiger partial charge in [-0.2, -0.15) is 0 Å². The van der Waals surface area contributed by atoms with Crippen LogP contribution in [0.3, 0.4) is 0 Å². The van der Waals surface area contributed by atoms with Gasteiger partial charge in [0.1, 0.15) is 11.5 Å². The number of nitrogens with one attached hydrogen (secondary N) is 1. The Balaban J connectivity index is 1.79. The molecule has 2 heterocycles. The largest absolute Gasteiger partial charge is 0.508 e. The van der Waals surface area contributed by atoms with E-state index in [9.17, 15) is 9.90 Å². The Hall–Kier alpha value is -3.01. The van der Waals surface area contributed by atoms with E-state index >= 15 is 0 Å². The summed E-state index contributed by atoms with van der Waals surface area (Å²) in [5, 5.41) is 10.5. The van der Waals surface area contributed by atoms with Crippen LogP contribution in [0.15, 0.2) is 48.4 Å². The molecule has 22 heavy (non-hydrogen) atoms. The highest BCUT2D eigenvalue weighted by Crippen LogP contribution is 2.35. The molecule has 1 aliphatic heterocycles. The van der Waals surface area contributed by atoms with Crippen molar-refractivity contribution in [2.24, 2.45) is 0 Å². The van der Waals surface area contributed by atoms with Crippen LogP contribution in [-0.2, 0) is 0 Å². The third-order valence-electron chi connectivity index (χ3n) is 3.81. The first-order valence-electron chi connectivity index (χ1n) is 6.97. The summed E-state index contributed by atoms with van der Waals surface area (Å²) in [6.07, 6.45) is 3.59. The van der Waals surface area contributed by atoms with Crippen LogP contribution >= 0.6 is 0 Å². The van der Waals surface area contributed by atoms with Crippen LogP contribution in [0, 0.1) is 6.92 Å². The minimum atomic E-state index is -0.170. The van der Waals surface area contributed by atoms with Crippen LogP contribution in [0.5, 0.6) is 11.5 Å². The molecule has 1 aliphatic rings. The summed E-state index contributed by atoms with van der Waals surface area (Å²) in [5.74, 6) is 0.570. The Labute approximate surface area is 126 Å². The minimum absolute atomic E-state index is 0.0790. The molecule has 0 amide bonds. The number of hydrogen-bond acceptors (Lipinski definition) is 3. The lowest BCUT2D eigenvalue weighted by Gasteiger charge is -1.98. The van der Waals surface area contributed by atoms with E-state index < -0.39 is 0 Å². The molecule has 3 aromatic rings. The van der Waals surface area contributed by atoms with Gasteiger partial charge in [0.2, 0.25) is 5.78 Å². The summed E-state index contributed by atoms with van der Waals surface area (Å²) in [7, 11) is 0. The molecule has 1 aromatic heterocycles. The van der Waals surface area contributed by atoms with Gasteiger partial charge < -0.3 is 14.8 Å². The van der Waals surface area contributed by atoms with Crippen LogP contribution in [-0.4, -0.2) is 15.9 Å². The quantitative estimate of drug-likeness (QED) is 0.670. The Morgan fingerprint density at radius 1 is 1.18 bits per heavy atom. The molecule has 4 heteroatoms. The molecule has 108 valence electrons. The lowest BCUT2D eigenvalue weighted by molar-refractivity contribution is 0.101. The van der Waals surface area contributed by atoms with Gasteiger partial charge in [-0.25, -0.2) is 0 Å². The van der Waals surface area contributed by atoms with Gasteiger partial charge in [0.05, 0.1) is 5.56 Å². The van der Waals surface area contributed by atoms with Crippen LogP contribution in [0.1, 0.15) is 21.5 Å². The molecule has 2 N–H and O–H groups in total. The third kappa shape index (κ3) is 1.89. The van der Waals surface area contributed by atoms with Crippen molar-refractivity contribution in [2.45, 2.75) is 6.92 Å². The maximum Gasteiger partial charge on any atom is 0.231 e. The third-order valence-corrected chi connectivity index (χ3v) is 3.81. The summed E-state index contributed by atoms with van der Waals surface area (Å²) in [4.78, 5) is 15.5. The lowest BCUT2D eigenvalue weighted by atomic mass is 10.1. The second-order valence-corrected chi connectivity index (χ2v) is 5.41. The number of fused-ring (bicyclic) bond motifs is 2. The summed E-state index contributed by atoms with van der Waals surface area (Å²) in [5.41, 5.74) is 3.56. The van der Waals surface area contributed by atoms with Gasteiger partial charge in [0, 0.05) is 28.7 Å². The summed E-state index contributed by atoms with van der Waals surface area (Å²) in [6, 6.07) is 10.6. The molecule has 0 atom stereocenters. The van der Waals surface area contributed by atoms with E-state index in [1.165, 1.54) is 17.7 Å². The number of rotatable bonds is 1. The first-order valence-corrected chi connectivity index (χ1v) is 6.97. The smallest absolute Gasteiger partial charge is 0.231 e. The molecule has 0 bridgehead atoms. The molecule has 0 saturated carbocycles. The fourth-order valence-electron chi connectivity index (χ4n) is 2.70. The summed E-state index contributed by atoms with van der Waals surface area (Å²) in [6.45, 7) is 2.03. The molecule has 4 nitrogen and oxygen atoms in total. The number of aromatic hydroxyl groups is 1. The van der Waals surface area contributed by atoms with E-state index in [4.69, 9.17) is 4.74 Å². The average molecular weight is 291 g/mol. The van der Waals surface area contributed by atoms with Crippen molar-refractivity contribution >= 4 is 22.8 Å². The maximum atomic E-state index is 12.3. The molecule has 0 unspecified atom stereocenters. The Morgan fingerprint density at radius 3 is 2.91 bits per heavy atom. The van der Waals surface area contributed by atoms with Crippen molar-refractivity contribution in [3.05, 3.63) is 65.0 Å². The van der Waals surface area contributed by atoms with Gasteiger partial charge in [0.15, 0.2) is 5.76 Å². The Kier molecular flexibility index (Phi) is 2.60. The zero-order chi connectivity index (χ0) is 15.3. The van der Waals surface area contributed by atoms with Gasteiger partial charge in [-0.05, 0) is 36.8 Å². The number of allylic oxidation sites excluding steroid dienone is 1. The van der Waals surface area contributed by atoms with Gasteiger partial charge in [-0.3, -0.25) is 4.79 Å². The van der Waals surface area contributed by atoms with Gasteiger partial charge in [0.25, 0.3) is 0 Å². The minimum Gasteiger partial charge on any atom is -0.508 e. The number of phenols is 1. The van der Waals surface area contributed by atoms with Crippen molar-refractivity contribution in [2.75, 3.05) is 0 Å². The van der Waals surface area contributed by atoms with Crippen LogP contribution in [0.2, 0.25) is 0 Å². The second kappa shape index (κ2) is 4.49. The molecule has 0 aliphatic carbocycles. The van der Waals surface area contributed by atoms with E-state index in [0.29, 0.717) is 11.3 Å². The van der Waals surface area contributed by atoms with Crippen molar-refractivity contribution < 1.29 is 14.6 Å². The highest BCUT2D eigenvalue weighted by molar-refractivity contribution is 6.15. The second-order valence-electron chi connectivity index (χ2n) is 5.41. The number of aryl methyl sites for hydroxylation is 1. The predicted molar refractivity (Wildman–Crippen MR) is 84.1 cm³/mol. The SMILES string of the molecule is Cc1ccc2c(/C=C3\Oc4cc(O)ccc4C3=O)c[nH]c2c1. The number of carbonyl (C=O) groups is 1. The molecular weight excluding hydrogens is 278 g/mol. The van der Waals surface area contributed by atoms with E-state index in [-0.39, 0.29) is 17.3 Å². The maximum absolute atomic E-state index is 12.3. The normalized spacial score (nSPS) is 15.3. The van der Waals surface area contributed by atoms with Crippen molar-refractivity contribution in [1.29, 1.82) is 0 Å². The van der Waals surface area contributed by atoms with E-state index in [2.05, 4.69) is 11.1 Å². The fraction of sp³-hybridized carbons (Fsp3) is 0.0556. The monoisotopic (exact) mass is 291 g/mol. The lowest BCUT2D eigenvalue weighted by Crippen LogP contribution is -1.97. The van der Waals surface area contributed by atoms with Crippen molar-refractivity contribution in [3.8, 4) is 11.5 Å². The zero-order valence-electron chi connectivity index (χ0n) is 11.9. The first kappa shape index (κ1) is 12.7. The topological polar surface area (TPSA) is 62.3 Å². The predicted octanol–water partition coefficient (Wildman–Crippen LogP) is 3.80. The Morgan fingerprint density at radius 2 is 2.05 bits per heavy atom. The summed E-state index contributed by atoms with van der Waals surface area (Å²) < 4.78 is 5.58. The number of ether oxygens (including phenoxy) is 1. The number of aromatic amines is 1. The van der Waals surface area contributed by atoms with Gasteiger partial charge in [-0.1, -0.05) is 12.1 Å². The number of Topliss-reactive ketones (excluding diaryl/α,β-unsaturated/α-hetero) is 1. The van der Waals surface area contributed by atoms with Crippen LogP contribution < -0.4 is 4.74 Å². The number of carbonyl (C=O) groups excluding carboxylic acids is 1. The molecule has 0 fully saturated rings. The number of H-pyrrole nitrogens is 1. The van der Waals surface area contributed by atoms with Gasteiger partial charge in [-0.15, -0.1) is 0 Å². The molecule has 4 rings (SSSR count). The number of phenolic OH excluding ortho intramolecular Hbond substituents is 1. The van der Waals surface area contributed by atoms with Crippen molar-refractivity contribution in [3.63, 3.8) is 0 Å². The molecular formula is C18H13NO3. The number of ketones is 1. The van der Waals surface area contributed by atoms with E-state index in [0.717, 1.165) is 16.5 Å². The molecule has 0 spiro atoms. The summed E-state index contributed by atoms with van der Waals surface area (Å²) >= 11 is 0. The first-order chi connectivity index (χ1) is 10.6. The fourth-order valence-corrected chi connectivity index (χ4v) is 2.70. The highest BCUT2D eigenvalue weighted by atomic mass is 16.5. The van der Waals surface area contributed by atoms with E-state index in [1.807, 2.05) is 25.3 Å².